The van der Waals surface area contributed by atoms with Crippen LogP contribution in [0.25, 0.3) is 0 Å². The van der Waals surface area contributed by atoms with Crippen molar-refractivity contribution in [3.8, 4) is 0 Å². The first-order chi connectivity index (χ1) is 41.9. The summed E-state index contributed by atoms with van der Waals surface area (Å²) in [7, 11) is 1.64. The summed E-state index contributed by atoms with van der Waals surface area (Å²) in [5, 5.41) is 22.2. The Morgan fingerprint density at radius 2 is 0.884 bits per heavy atom. The number of aliphatic carboxylic acids is 1. The first-order valence-corrected chi connectivity index (χ1v) is 30.4. The van der Waals surface area contributed by atoms with Crippen LogP contribution < -0.4 is 32.7 Å². The van der Waals surface area contributed by atoms with Crippen molar-refractivity contribution in [2.45, 2.75) is 94.9 Å². The second-order valence-electron chi connectivity index (χ2n) is 21.0. The number of piperidine rings is 1. The molecule has 2 aromatic rings. The summed E-state index contributed by atoms with van der Waals surface area (Å²) in [5.41, 5.74) is 12.5. The van der Waals surface area contributed by atoms with Gasteiger partial charge in [0.05, 0.1) is 158 Å². The summed E-state index contributed by atoms with van der Waals surface area (Å²) in [6, 6.07) is 14.6. The van der Waals surface area contributed by atoms with Gasteiger partial charge in [-0.3, -0.25) is 29.3 Å². The lowest BCUT2D eigenvalue weighted by Crippen LogP contribution is -2.62. The van der Waals surface area contributed by atoms with Gasteiger partial charge in [-0.2, -0.15) is 0 Å². The summed E-state index contributed by atoms with van der Waals surface area (Å²) in [6.07, 6.45) is 2.36. The number of amides is 4. The number of carbonyl (C=O) groups is 5. The van der Waals surface area contributed by atoms with Gasteiger partial charge in [0.2, 0.25) is 23.6 Å². The molecule has 1 aliphatic rings. The fourth-order valence-electron chi connectivity index (χ4n) is 8.90. The van der Waals surface area contributed by atoms with Gasteiger partial charge in [-0.15, -0.1) is 0 Å². The van der Waals surface area contributed by atoms with E-state index in [1.165, 1.54) is 0 Å². The molecular formula is C61H103N7O18. The number of methoxy groups -OCH3 is 1. The van der Waals surface area contributed by atoms with Crippen molar-refractivity contribution in [2.24, 2.45) is 17.4 Å². The highest BCUT2D eigenvalue weighted by molar-refractivity contribution is 5.95. The lowest BCUT2D eigenvalue weighted by atomic mass is 9.87. The van der Waals surface area contributed by atoms with Gasteiger partial charge in [0.15, 0.2) is 0 Å². The lowest BCUT2D eigenvalue weighted by Gasteiger charge is -2.40. The third-order valence-corrected chi connectivity index (χ3v) is 13.7. The third kappa shape index (κ3) is 35.3. The van der Waals surface area contributed by atoms with Gasteiger partial charge >= 0.3 is 5.97 Å². The van der Waals surface area contributed by atoms with Crippen LogP contribution in [0.3, 0.4) is 0 Å². The summed E-state index contributed by atoms with van der Waals surface area (Å²) < 4.78 is 65.6. The van der Waals surface area contributed by atoms with E-state index in [9.17, 15) is 29.1 Å². The molecule has 0 unspecified atom stereocenters. The number of carbonyl (C=O) groups excluding carboxylic acids is 4. The maximum absolute atomic E-state index is 14.2. The first-order valence-electron chi connectivity index (χ1n) is 30.4. The monoisotopic (exact) mass is 1220 g/mol. The quantitative estimate of drug-likeness (QED) is 0.0459. The molecule has 1 aliphatic heterocycles. The Morgan fingerprint density at radius 1 is 0.512 bits per heavy atom. The van der Waals surface area contributed by atoms with Crippen molar-refractivity contribution in [1.82, 2.24) is 26.2 Å². The first kappa shape index (κ1) is 75.4. The number of benzene rings is 2. The number of nitrogens with two attached hydrogens (primary N) is 2. The molecule has 490 valence electrons. The molecule has 1 fully saturated rings. The molecule has 0 spiro atoms. The van der Waals surface area contributed by atoms with Crippen molar-refractivity contribution in [3.63, 3.8) is 0 Å². The molecule has 25 nitrogen and oxygen atoms in total. The molecule has 0 radical (unpaired) electrons. The molecule has 3 rings (SSSR count). The average Bonchev–Trinajstić information content (AvgIpc) is 3.71. The number of likely N-dealkylation sites (tertiary alicyclic amines) is 1. The maximum Gasteiger partial charge on any atom is 0.324 e. The molecule has 1 heterocycles. The van der Waals surface area contributed by atoms with Crippen LogP contribution in [-0.2, 0) is 93.7 Å². The highest BCUT2D eigenvalue weighted by Gasteiger charge is 2.43. The smallest absolute Gasteiger partial charge is 0.324 e. The molecule has 0 bridgehead atoms. The van der Waals surface area contributed by atoms with Crippen LogP contribution in [0.2, 0.25) is 0 Å². The zero-order chi connectivity index (χ0) is 62.1. The second-order valence-corrected chi connectivity index (χ2v) is 21.0. The Balaban J connectivity index is 1.25. The normalized spacial score (nSPS) is 14.6. The number of carboxylic acids is 1. The molecule has 0 saturated carbocycles. The van der Waals surface area contributed by atoms with Crippen LogP contribution in [-0.4, -0.2) is 255 Å². The van der Waals surface area contributed by atoms with Gasteiger partial charge < -0.3 is 94.3 Å². The zero-order valence-electron chi connectivity index (χ0n) is 51.4. The Hall–Kier alpha value is -4.81. The van der Waals surface area contributed by atoms with Crippen molar-refractivity contribution in [2.75, 3.05) is 185 Å². The van der Waals surface area contributed by atoms with Crippen LogP contribution >= 0.6 is 0 Å². The number of hydrogen-bond donors (Lipinski definition) is 7. The maximum atomic E-state index is 14.2. The number of rotatable bonds is 55. The minimum atomic E-state index is -1.29. The Kier molecular flexibility index (Phi) is 43.1. The summed E-state index contributed by atoms with van der Waals surface area (Å²) in [5.74, 6) is -3.05. The van der Waals surface area contributed by atoms with E-state index in [1.807, 2.05) is 74.5 Å². The summed E-state index contributed by atoms with van der Waals surface area (Å²) >= 11 is 0. The van der Waals surface area contributed by atoms with E-state index in [-0.39, 0.29) is 76.6 Å². The standard InChI is InChI=1S/C61H103N7O18/c1-49(2)46-54(67-58(71)55(48-51-14-8-5-9-15-51)66-56(69)52(63)47-50-12-6-4-7-13-50)57(70)65-53(16-10-11-19-62)59(72)68-21-17-61(18-22-68,60(73)74)64-20-23-76-26-27-78-30-31-80-34-35-82-38-39-84-42-43-86-45-44-85-41-40-83-37-36-81-33-32-79-29-28-77-25-24-75-3/h4-9,12-15,49,52-55,64H,10-11,16-48,62-63H2,1-3H3,(H,65,70)(H,66,69)(H,67,71)(H,73,74)/t52-,53-,54-,55-/m1/s1. The Labute approximate surface area is 509 Å². The number of nitrogens with one attached hydrogen (secondary N) is 4. The SMILES string of the molecule is COCCOCCOCCOCCOCCOCCOCCOCCOCCOCCOCCOCCNC1(C(=O)O)CCN(C(=O)[C@@H](CCCCN)NC(=O)[C@@H](CC(C)C)NC(=O)[C@@H](Cc2ccccc2)NC(=O)[C@H](N)Cc2ccccc2)CC1. The highest BCUT2D eigenvalue weighted by Crippen LogP contribution is 2.24. The van der Waals surface area contributed by atoms with E-state index in [1.54, 1.807) is 12.0 Å². The molecule has 9 N–H and O–H groups in total. The van der Waals surface area contributed by atoms with Gasteiger partial charge in [0.1, 0.15) is 23.7 Å². The van der Waals surface area contributed by atoms with Crippen LogP contribution in [0, 0.1) is 5.92 Å². The Morgan fingerprint density at radius 3 is 1.28 bits per heavy atom. The van der Waals surface area contributed by atoms with Crippen molar-refractivity contribution in [3.05, 3.63) is 71.8 Å². The van der Waals surface area contributed by atoms with Crippen LogP contribution in [0.15, 0.2) is 60.7 Å². The number of ether oxygens (including phenoxy) is 12. The number of nitrogens with zero attached hydrogens (tertiary/aromatic N) is 1. The minimum Gasteiger partial charge on any atom is -0.480 e. The molecule has 1 saturated heterocycles. The van der Waals surface area contributed by atoms with Crippen LogP contribution in [0.4, 0.5) is 0 Å². The van der Waals surface area contributed by atoms with Crippen LogP contribution in [0.5, 0.6) is 0 Å². The number of unbranched alkanes of at least 4 members (excludes halogenated alkanes) is 1. The molecule has 0 aromatic heterocycles. The predicted octanol–water partition coefficient (Wildman–Crippen LogP) is 1.29. The van der Waals surface area contributed by atoms with E-state index in [0.717, 1.165) is 11.1 Å². The molecule has 4 amide bonds. The molecule has 4 atom stereocenters. The highest BCUT2D eigenvalue weighted by atomic mass is 16.6. The lowest BCUT2D eigenvalue weighted by molar-refractivity contribution is -0.150. The molecule has 25 heteroatoms. The number of hydrogen-bond acceptors (Lipinski definition) is 20. The van der Waals surface area contributed by atoms with E-state index in [2.05, 4.69) is 21.3 Å². The minimum absolute atomic E-state index is 0.0358. The van der Waals surface area contributed by atoms with Crippen molar-refractivity contribution in [1.29, 1.82) is 0 Å². The van der Waals surface area contributed by atoms with E-state index in [4.69, 9.17) is 68.3 Å². The van der Waals surface area contributed by atoms with E-state index >= 15 is 0 Å². The summed E-state index contributed by atoms with van der Waals surface area (Å²) in [6.45, 7) is 15.1. The predicted molar refractivity (Wildman–Crippen MR) is 321 cm³/mol. The molecule has 2 aromatic carbocycles. The van der Waals surface area contributed by atoms with Gasteiger partial charge in [-0.25, -0.2) is 0 Å². The fraction of sp³-hybridized carbons (Fsp3) is 0.721. The summed E-state index contributed by atoms with van der Waals surface area (Å²) in [4.78, 5) is 70.3. The topological polar surface area (TPSA) is 320 Å². The molecular weight excluding hydrogens is 1120 g/mol. The Bertz CT molecular complexity index is 2050. The third-order valence-electron chi connectivity index (χ3n) is 13.7. The molecule has 86 heavy (non-hydrogen) atoms. The van der Waals surface area contributed by atoms with Gasteiger partial charge in [0.25, 0.3) is 0 Å². The zero-order valence-corrected chi connectivity index (χ0v) is 51.4. The van der Waals surface area contributed by atoms with Gasteiger partial charge in [-0.05, 0) is 68.5 Å². The average molecular weight is 1220 g/mol. The van der Waals surface area contributed by atoms with Gasteiger partial charge in [-0.1, -0.05) is 74.5 Å². The van der Waals surface area contributed by atoms with Crippen molar-refractivity contribution < 1.29 is 85.9 Å². The van der Waals surface area contributed by atoms with Gasteiger partial charge in [0, 0.05) is 33.2 Å². The fourth-order valence-corrected chi connectivity index (χ4v) is 8.90. The molecule has 0 aliphatic carbocycles. The number of carboxylic acid groups (broad SMARTS) is 1. The van der Waals surface area contributed by atoms with E-state index in [0.29, 0.717) is 165 Å². The largest absolute Gasteiger partial charge is 0.480 e. The van der Waals surface area contributed by atoms with Crippen LogP contribution in [0.1, 0.15) is 63.5 Å². The second kappa shape index (κ2) is 49.1. The van der Waals surface area contributed by atoms with Crippen molar-refractivity contribution >= 4 is 29.6 Å². The van der Waals surface area contributed by atoms with E-state index < -0.39 is 53.4 Å².